The van der Waals surface area contributed by atoms with Crippen LogP contribution in [-0.2, 0) is 4.79 Å². The molecule has 0 spiro atoms. The van der Waals surface area contributed by atoms with Gasteiger partial charge >= 0.3 is 0 Å². The molecule has 1 heterocycles. The minimum atomic E-state index is -0.225. The second kappa shape index (κ2) is 7.81. The SMILES string of the molecule is Cc1ccc(NC(=O)/C=C/c2ccc(-c3cc(Cl)cc(Cl)c3)o2)cc1C. The number of nitrogens with one attached hydrogen (secondary N) is 1. The molecule has 5 heteroatoms. The Morgan fingerprint density at radius 1 is 0.962 bits per heavy atom. The summed E-state index contributed by atoms with van der Waals surface area (Å²) in [7, 11) is 0. The lowest BCUT2D eigenvalue weighted by molar-refractivity contribution is -0.111. The molecule has 0 atom stereocenters. The van der Waals surface area contributed by atoms with Gasteiger partial charge in [-0.3, -0.25) is 4.79 Å². The van der Waals surface area contributed by atoms with Crippen LogP contribution in [0.1, 0.15) is 16.9 Å². The van der Waals surface area contributed by atoms with Gasteiger partial charge in [-0.05, 0) is 73.5 Å². The first kappa shape index (κ1) is 18.3. The highest BCUT2D eigenvalue weighted by Gasteiger charge is 2.06. The number of furan rings is 1. The molecule has 1 amide bonds. The minimum absolute atomic E-state index is 0.225. The molecule has 0 fully saturated rings. The van der Waals surface area contributed by atoms with Crippen LogP contribution in [0, 0.1) is 13.8 Å². The molecule has 3 nitrogen and oxygen atoms in total. The van der Waals surface area contributed by atoms with Crippen molar-refractivity contribution in [2.45, 2.75) is 13.8 Å². The van der Waals surface area contributed by atoms with Gasteiger partial charge in [0, 0.05) is 27.4 Å². The molecule has 0 aliphatic heterocycles. The number of aryl methyl sites for hydroxylation is 2. The van der Waals surface area contributed by atoms with Crippen LogP contribution < -0.4 is 5.32 Å². The van der Waals surface area contributed by atoms with E-state index in [0.29, 0.717) is 21.6 Å². The summed E-state index contributed by atoms with van der Waals surface area (Å²) >= 11 is 12.0. The van der Waals surface area contributed by atoms with Crippen molar-refractivity contribution in [3.63, 3.8) is 0 Å². The Bertz CT molecular complexity index is 969. The molecule has 132 valence electrons. The average Bonchev–Trinajstić information content (AvgIpc) is 3.05. The van der Waals surface area contributed by atoms with Crippen molar-refractivity contribution in [2.75, 3.05) is 5.32 Å². The summed E-state index contributed by atoms with van der Waals surface area (Å²) in [4.78, 5) is 12.1. The number of amides is 1. The summed E-state index contributed by atoms with van der Waals surface area (Å²) < 4.78 is 5.73. The van der Waals surface area contributed by atoms with Crippen LogP contribution in [0.4, 0.5) is 5.69 Å². The van der Waals surface area contributed by atoms with E-state index >= 15 is 0 Å². The fraction of sp³-hybridized carbons (Fsp3) is 0.0952. The van der Waals surface area contributed by atoms with Gasteiger partial charge in [0.25, 0.3) is 0 Å². The zero-order valence-corrected chi connectivity index (χ0v) is 15.9. The molecule has 0 radical (unpaired) electrons. The summed E-state index contributed by atoms with van der Waals surface area (Å²) in [6.07, 6.45) is 3.05. The molecule has 0 saturated carbocycles. The van der Waals surface area contributed by atoms with Crippen molar-refractivity contribution >= 4 is 40.9 Å². The Hall–Kier alpha value is -2.49. The predicted octanol–water partition coefficient (Wildman–Crippen LogP) is 6.52. The first-order chi connectivity index (χ1) is 12.4. The Morgan fingerprint density at radius 2 is 1.69 bits per heavy atom. The van der Waals surface area contributed by atoms with E-state index in [1.165, 1.54) is 11.6 Å². The van der Waals surface area contributed by atoms with Gasteiger partial charge in [0.15, 0.2) is 0 Å². The van der Waals surface area contributed by atoms with E-state index in [9.17, 15) is 4.79 Å². The first-order valence-electron chi connectivity index (χ1n) is 8.03. The predicted molar refractivity (Wildman–Crippen MR) is 108 cm³/mol. The fourth-order valence-corrected chi connectivity index (χ4v) is 2.98. The average molecular weight is 386 g/mol. The van der Waals surface area contributed by atoms with Crippen LogP contribution in [0.15, 0.2) is 59.0 Å². The molecule has 2 aromatic carbocycles. The molecule has 3 rings (SSSR count). The normalized spacial score (nSPS) is 11.1. The maximum absolute atomic E-state index is 12.1. The van der Waals surface area contributed by atoms with Crippen molar-refractivity contribution in [1.82, 2.24) is 0 Å². The molecule has 0 aliphatic rings. The largest absolute Gasteiger partial charge is 0.457 e. The number of carbonyl (C=O) groups excluding carboxylic acids is 1. The number of benzene rings is 2. The molecule has 0 bridgehead atoms. The van der Waals surface area contributed by atoms with Crippen molar-refractivity contribution < 1.29 is 9.21 Å². The molecule has 1 N–H and O–H groups in total. The Labute approximate surface area is 162 Å². The molecule has 3 aromatic rings. The quantitative estimate of drug-likeness (QED) is 0.519. The number of hydrogen-bond acceptors (Lipinski definition) is 2. The van der Waals surface area contributed by atoms with Gasteiger partial charge < -0.3 is 9.73 Å². The standard InChI is InChI=1S/C21H17Cl2NO2/c1-13-3-4-18(9-14(13)2)24-21(25)8-6-19-5-7-20(26-19)15-10-16(22)12-17(23)11-15/h3-12H,1-2H3,(H,24,25)/b8-6+. The van der Waals surface area contributed by atoms with Crippen molar-refractivity contribution in [3.8, 4) is 11.3 Å². The highest BCUT2D eigenvalue weighted by Crippen LogP contribution is 2.28. The Kier molecular flexibility index (Phi) is 5.50. The third-order valence-corrected chi connectivity index (χ3v) is 4.38. The van der Waals surface area contributed by atoms with E-state index in [0.717, 1.165) is 16.8 Å². The van der Waals surface area contributed by atoms with Gasteiger partial charge in [-0.25, -0.2) is 0 Å². The lowest BCUT2D eigenvalue weighted by Crippen LogP contribution is -2.07. The van der Waals surface area contributed by atoms with Gasteiger partial charge in [0.1, 0.15) is 11.5 Å². The van der Waals surface area contributed by atoms with Crippen molar-refractivity contribution in [3.05, 3.63) is 81.5 Å². The molecular weight excluding hydrogens is 369 g/mol. The highest BCUT2D eigenvalue weighted by molar-refractivity contribution is 6.35. The van der Waals surface area contributed by atoms with Crippen molar-refractivity contribution in [1.29, 1.82) is 0 Å². The number of hydrogen-bond donors (Lipinski definition) is 1. The summed E-state index contributed by atoms with van der Waals surface area (Å²) in [5.74, 6) is 0.965. The lowest BCUT2D eigenvalue weighted by atomic mass is 10.1. The minimum Gasteiger partial charge on any atom is -0.457 e. The van der Waals surface area contributed by atoms with Gasteiger partial charge in [-0.15, -0.1) is 0 Å². The summed E-state index contributed by atoms with van der Waals surface area (Å²) in [5, 5.41) is 3.90. The lowest BCUT2D eigenvalue weighted by Gasteiger charge is -2.05. The van der Waals surface area contributed by atoms with E-state index in [1.54, 1.807) is 30.3 Å². The van der Waals surface area contributed by atoms with Crippen LogP contribution in [-0.4, -0.2) is 5.91 Å². The summed E-state index contributed by atoms with van der Waals surface area (Å²) in [6, 6.07) is 14.6. The number of halogens is 2. The van der Waals surface area contributed by atoms with Crippen LogP contribution in [0.3, 0.4) is 0 Å². The number of rotatable bonds is 4. The van der Waals surface area contributed by atoms with Gasteiger partial charge in [0.05, 0.1) is 0 Å². The zero-order valence-electron chi connectivity index (χ0n) is 14.3. The topological polar surface area (TPSA) is 42.2 Å². The molecule has 0 unspecified atom stereocenters. The van der Waals surface area contributed by atoms with Gasteiger partial charge in [0.2, 0.25) is 5.91 Å². The third kappa shape index (κ3) is 4.57. The van der Waals surface area contributed by atoms with Gasteiger partial charge in [-0.1, -0.05) is 29.3 Å². The van der Waals surface area contributed by atoms with E-state index in [4.69, 9.17) is 27.6 Å². The monoisotopic (exact) mass is 385 g/mol. The molecule has 1 aromatic heterocycles. The van der Waals surface area contributed by atoms with Crippen LogP contribution in [0.5, 0.6) is 0 Å². The molecule has 0 saturated heterocycles. The molecular formula is C21H17Cl2NO2. The third-order valence-electron chi connectivity index (χ3n) is 3.95. The van der Waals surface area contributed by atoms with Crippen LogP contribution in [0.25, 0.3) is 17.4 Å². The van der Waals surface area contributed by atoms with E-state index in [-0.39, 0.29) is 5.91 Å². The molecule has 26 heavy (non-hydrogen) atoms. The maximum atomic E-state index is 12.1. The zero-order chi connectivity index (χ0) is 18.7. The second-order valence-corrected chi connectivity index (χ2v) is 6.85. The van der Waals surface area contributed by atoms with E-state index < -0.39 is 0 Å². The number of carbonyl (C=O) groups is 1. The Morgan fingerprint density at radius 3 is 2.38 bits per heavy atom. The fourth-order valence-electron chi connectivity index (χ4n) is 2.45. The van der Waals surface area contributed by atoms with Gasteiger partial charge in [-0.2, -0.15) is 0 Å². The Balaban J connectivity index is 1.69. The highest BCUT2D eigenvalue weighted by atomic mass is 35.5. The van der Waals surface area contributed by atoms with Crippen molar-refractivity contribution in [2.24, 2.45) is 0 Å². The van der Waals surface area contributed by atoms with Crippen LogP contribution in [0.2, 0.25) is 10.0 Å². The molecule has 0 aliphatic carbocycles. The van der Waals surface area contributed by atoms with Crippen LogP contribution >= 0.6 is 23.2 Å². The van der Waals surface area contributed by atoms with E-state index in [2.05, 4.69) is 5.32 Å². The smallest absolute Gasteiger partial charge is 0.248 e. The summed E-state index contributed by atoms with van der Waals surface area (Å²) in [5.41, 5.74) is 3.85. The maximum Gasteiger partial charge on any atom is 0.248 e. The summed E-state index contributed by atoms with van der Waals surface area (Å²) in [6.45, 7) is 4.04. The number of anilines is 1. The first-order valence-corrected chi connectivity index (χ1v) is 8.79. The van der Waals surface area contributed by atoms with E-state index in [1.807, 2.05) is 38.1 Å². The second-order valence-electron chi connectivity index (χ2n) is 5.98.